The minimum absolute atomic E-state index is 0.133. The lowest BCUT2D eigenvalue weighted by Gasteiger charge is -2.09. The molecule has 2 amide bonds. The van der Waals surface area contributed by atoms with E-state index in [2.05, 4.69) is 25.9 Å². The number of hydrogen-bond acceptors (Lipinski definition) is 5. The van der Waals surface area contributed by atoms with Crippen molar-refractivity contribution in [1.29, 1.82) is 0 Å². The van der Waals surface area contributed by atoms with E-state index in [9.17, 15) is 9.59 Å². The summed E-state index contributed by atoms with van der Waals surface area (Å²) in [6, 6.07) is 16.2. The van der Waals surface area contributed by atoms with Crippen LogP contribution in [-0.4, -0.2) is 21.8 Å². The Bertz CT molecular complexity index is 970. The number of nitrogens with zero attached hydrogens (tertiary/aromatic N) is 2. The van der Waals surface area contributed by atoms with Gasteiger partial charge < -0.3 is 16.0 Å². The van der Waals surface area contributed by atoms with E-state index in [1.807, 2.05) is 31.2 Å². The van der Waals surface area contributed by atoms with Crippen LogP contribution in [0.1, 0.15) is 23.0 Å². The molecule has 0 aliphatic rings. The molecule has 1 heterocycles. The van der Waals surface area contributed by atoms with E-state index in [-0.39, 0.29) is 17.5 Å². The first-order valence-electron chi connectivity index (χ1n) is 8.36. The standard InChI is InChI=1S/C20H19N5O2/c1-13-5-3-4-6-17(13)24-19(27)18-11-12-21-20(25-18)23-16-9-7-15(8-10-16)22-14(2)26/h3-12H,1-2H3,(H,22,26)(H,24,27)(H,21,23,25). The van der Waals surface area contributed by atoms with Crippen molar-refractivity contribution < 1.29 is 9.59 Å². The largest absolute Gasteiger partial charge is 0.326 e. The van der Waals surface area contributed by atoms with Crippen molar-refractivity contribution >= 4 is 34.8 Å². The second kappa shape index (κ2) is 8.09. The van der Waals surface area contributed by atoms with Crippen molar-refractivity contribution in [3.05, 3.63) is 72.1 Å². The molecule has 0 radical (unpaired) electrons. The fourth-order valence-corrected chi connectivity index (χ4v) is 2.41. The predicted molar refractivity (Wildman–Crippen MR) is 105 cm³/mol. The molecule has 0 saturated heterocycles. The highest BCUT2D eigenvalue weighted by atomic mass is 16.2. The maximum absolute atomic E-state index is 12.4. The van der Waals surface area contributed by atoms with Crippen molar-refractivity contribution in [3.63, 3.8) is 0 Å². The first-order chi connectivity index (χ1) is 13.0. The van der Waals surface area contributed by atoms with E-state index >= 15 is 0 Å². The summed E-state index contributed by atoms with van der Waals surface area (Å²) in [7, 11) is 0. The number of anilines is 4. The smallest absolute Gasteiger partial charge is 0.274 e. The van der Waals surface area contributed by atoms with E-state index in [1.54, 1.807) is 30.3 Å². The van der Waals surface area contributed by atoms with Crippen LogP contribution in [0, 0.1) is 6.92 Å². The molecule has 136 valence electrons. The Hall–Kier alpha value is -3.74. The number of carbonyl (C=O) groups is 2. The lowest BCUT2D eigenvalue weighted by molar-refractivity contribution is -0.114. The van der Waals surface area contributed by atoms with Gasteiger partial charge in [0, 0.05) is 30.2 Å². The first-order valence-corrected chi connectivity index (χ1v) is 8.36. The van der Waals surface area contributed by atoms with E-state index in [4.69, 9.17) is 0 Å². The Morgan fingerprint density at radius 2 is 1.59 bits per heavy atom. The monoisotopic (exact) mass is 361 g/mol. The molecule has 3 aromatic rings. The average molecular weight is 361 g/mol. The summed E-state index contributed by atoms with van der Waals surface area (Å²) in [6.07, 6.45) is 1.52. The molecule has 7 heteroatoms. The number of nitrogens with one attached hydrogen (secondary N) is 3. The lowest BCUT2D eigenvalue weighted by atomic mass is 10.2. The maximum Gasteiger partial charge on any atom is 0.274 e. The summed E-state index contributed by atoms with van der Waals surface area (Å²) in [4.78, 5) is 31.9. The molecular formula is C20H19N5O2. The molecule has 1 aromatic heterocycles. The zero-order valence-corrected chi connectivity index (χ0v) is 15.0. The Morgan fingerprint density at radius 3 is 2.30 bits per heavy atom. The second-order valence-corrected chi connectivity index (χ2v) is 5.92. The molecular weight excluding hydrogens is 342 g/mol. The molecule has 7 nitrogen and oxygen atoms in total. The topological polar surface area (TPSA) is 96.0 Å². The minimum Gasteiger partial charge on any atom is -0.326 e. The Kier molecular flexibility index (Phi) is 5.41. The van der Waals surface area contributed by atoms with Crippen LogP contribution in [0.2, 0.25) is 0 Å². The fourth-order valence-electron chi connectivity index (χ4n) is 2.41. The van der Waals surface area contributed by atoms with E-state index in [0.717, 1.165) is 16.9 Å². The van der Waals surface area contributed by atoms with Gasteiger partial charge in [-0.05, 0) is 48.9 Å². The zero-order valence-electron chi connectivity index (χ0n) is 15.0. The highest BCUT2D eigenvalue weighted by Crippen LogP contribution is 2.18. The summed E-state index contributed by atoms with van der Waals surface area (Å²) >= 11 is 0. The van der Waals surface area contributed by atoms with Crippen LogP contribution in [0.5, 0.6) is 0 Å². The normalized spacial score (nSPS) is 10.1. The number of hydrogen-bond donors (Lipinski definition) is 3. The molecule has 2 aromatic carbocycles. The predicted octanol–water partition coefficient (Wildman–Crippen LogP) is 3.74. The van der Waals surface area contributed by atoms with Crippen LogP contribution in [0.25, 0.3) is 0 Å². The van der Waals surface area contributed by atoms with Gasteiger partial charge in [-0.1, -0.05) is 18.2 Å². The molecule has 0 saturated carbocycles. The summed E-state index contributed by atoms with van der Waals surface area (Å²) in [5.74, 6) is -0.137. The molecule has 0 atom stereocenters. The summed E-state index contributed by atoms with van der Waals surface area (Å²) in [5, 5.41) is 8.58. The van der Waals surface area contributed by atoms with Gasteiger partial charge in [-0.2, -0.15) is 0 Å². The molecule has 27 heavy (non-hydrogen) atoms. The third-order valence-electron chi connectivity index (χ3n) is 3.74. The number of benzene rings is 2. The molecule has 3 N–H and O–H groups in total. The van der Waals surface area contributed by atoms with Crippen molar-refractivity contribution in [2.45, 2.75) is 13.8 Å². The minimum atomic E-state index is -0.309. The maximum atomic E-state index is 12.4. The molecule has 0 spiro atoms. The van der Waals surface area contributed by atoms with Crippen LogP contribution < -0.4 is 16.0 Å². The number of rotatable bonds is 5. The van der Waals surface area contributed by atoms with Crippen LogP contribution >= 0.6 is 0 Å². The van der Waals surface area contributed by atoms with Crippen LogP contribution in [-0.2, 0) is 4.79 Å². The SMILES string of the molecule is CC(=O)Nc1ccc(Nc2nccc(C(=O)Nc3ccccc3C)n2)cc1. The number of carbonyl (C=O) groups excluding carboxylic acids is 2. The van der Waals surface area contributed by atoms with Gasteiger partial charge in [0.15, 0.2) is 0 Å². The van der Waals surface area contributed by atoms with Crippen molar-refractivity contribution in [2.75, 3.05) is 16.0 Å². The molecule has 0 fully saturated rings. The van der Waals surface area contributed by atoms with Crippen LogP contribution in [0.3, 0.4) is 0 Å². The van der Waals surface area contributed by atoms with Gasteiger partial charge in [-0.25, -0.2) is 9.97 Å². The van der Waals surface area contributed by atoms with Gasteiger partial charge in [0.1, 0.15) is 5.69 Å². The second-order valence-electron chi connectivity index (χ2n) is 5.92. The zero-order chi connectivity index (χ0) is 19.2. The van der Waals surface area contributed by atoms with Gasteiger partial charge in [0.05, 0.1) is 0 Å². The van der Waals surface area contributed by atoms with Gasteiger partial charge in [-0.3, -0.25) is 9.59 Å². The van der Waals surface area contributed by atoms with Gasteiger partial charge in [0.25, 0.3) is 5.91 Å². The number of para-hydroxylation sites is 1. The fraction of sp³-hybridized carbons (Fsp3) is 0.100. The Balaban J connectivity index is 1.70. The highest BCUT2D eigenvalue weighted by Gasteiger charge is 2.10. The van der Waals surface area contributed by atoms with Crippen molar-refractivity contribution in [2.24, 2.45) is 0 Å². The molecule has 0 aliphatic heterocycles. The highest BCUT2D eigenvalue weighted by molar-refractivity contribution is 6.03. The third-order valence-corrected chi connectivity index (χ3v) is 3.74. The van der Waals surface area contributed by atoms with Crippen LogP contribution in [0.4, 0.5) is 23.0 Å². The van der Waals surface area contributed by atoms with Gasteiger partial charge >= 0.3 is 0 Å². The van der Waals surface area contributed by atoms with Gasteiger partial charge in [0.2, 0.25) is 11.9 Å². The quantitative estimate of drug-likeness (QED) is 0.643. The summed E-state index contributed by atoms with van der Waals surface area (Å²) in [5.41, 5.74) is 3.40. The Labute approximate surface area is 156 Å². The van der Waals surface area contributed by atoms with Gasteiger partial charge in [-0.15, -0.1) is 0 Å². The van der Waals surface area contributed by atoms with E-state index < -0.39 is 0 Å². The summed E-state index contributed by atoms with van der Waals surface area (Å²) < 4.78 is 0. The summed E-state index contributed by atoms with van der Waals surface area (Å²) in [6.45, 7) is 3.38. The number of aromatic nitrogens is 2. The molecule has 3 rings (SSSR count). The van der Waals surface area contributed by atoms with Crippen molar-refractivity contribution in [3.8, 4) is 0 Å². The molecule has 0 aliphatic carbocycles. The number of amides is 2. The van der Waals surface area contributed by atoms with E-state index in [0.29, 0.717) is 11.6 Å². The average Bonchev–Trinajstić information content (AvgIpc) is 2.65. The van der Waals surface area contributed by atoms with Crippen LogP contribution in [0.15, 0.2) is 60.8 Å². The molecule has 0 unspecified atom stereocenters. The van der Waals surface area contributed by atoms with E-state index in [1.165, 1.54) is 13.1 Å². The number of aryl methyl sites for hydroxylation is 1. The lowest BCUT2D eigenvalue weighted by Crippen LogP contribution is -2.15. The Morgan fingerprint density at radius 1 is 0.889 bits per heavy atom. The van der Waals surface area contributed by atoms with Crippen molar-refractivity contribution in [1.82, 2.24) is 9.97 Å². The molecule has 0 bridgehead atoms. The first kappa shape index (κ1) is 18.1. The third kappa shape index (κ3) is 4.88.